The lowest BCUT2D eigenvalue weighted by Crippen LogP contribution is -2.17. The second-order valence-corrected chi connectivity index (χ2v) is 3.65. The first-order valence-corrected chi connectivity index (χ1v) is 4.65. The van der Waals surface area contributed by atoms with E-state index in [9.17, 15) is 10.3 Å². The number of aryl methyl sites for hydroxylation is 1. The van der Waals surface area contributed by atoms with Gasteiger partial charge in [0.05, 0.1) is 5.69 Å². The maximum atomic E-state index is 9.61. The van der Waals surface area contributed by atoms with Crippen LogP contribution in [0.25, 0.3) is 0 Å². The smallest absolute Gasteiger partial charge is 0.142 e. The van der Waals surface area contributed by atoms with Crippen LogP contribution in [0.4, 0.5) is 0 Å². The van der Waals surface area contributed by atoms with Crippen molar-refractivity contribution in [3.8, 4) is 0 Å². The Morgan fingerprint density at radius 1 is 1.50 bits per heavy atom. The van der Waals surface area contributed by atoms with Crippen molar-refractivity contribution in [2.45, 2.75) is 32.8 Å². The fourth-order valence-electron chi connectivity index (χ4n) is 1.41. The molecule has 1 aromatic heterocycles. The van der Waals surface area contributed by atoms with Crippen LogP contribution in [-0.2, 0) is 0 Å². The number of aromatic nitrogens is 2. The SMILES string of the molecule is Cc1nc(C(C)C)c(C(O)CN)n1O. The van der Waals surface area contributed by atoms with Crippen LogP contribution in [0.3, 0.4) is 0 Å². The van der Waals surface area contributed by atoms with Crippen molar-refractivity contribution >= 4 is 0 Å². The Balaban J connectivity index is 3.23. The lowest BCUT2D eigenvalue weighted by molar-refractivity contribution is 0.115. The molecule has 0 amide bonds. The molecule has 0 aliphatic carbocycles. The Labute approximate surface area is 83.1 Å². The van der Waals surface area contributed by atoms with Crippen LogP contribution in [0.1, 0.15) is 43.1 Å². The summed E-state index contributed by atoms with van der Waals surface area (Å²) in [6.45, 7) is 5.66. The highest BCUT2D eigenvalue weighted by Gasteiger charge is 2.22. The molecule has 4 N–H and O–H groups in total. The Bertz CT molecular complexity index is 320. The minimum Gasteiger partial charge on any atom is -0.427 e. The van der Waals surface area contributed by atoms with Crippen molar-refractivity contribution in [1.82, 2.24) is 9.71 Å². The van der Waals surface area contributed by atoms with Gasteiger partial charge in [-0.25, -0.2) is 4.98 Å². The molecular formula is C9H17N3O2. The molecule has 0 aliphatic rings. The van der Waals surface area contributed by atoms with Crippen LogP contribution in [0.15, 0.2) is 0 Å². The quantitative estimate of drug-likeness (QED) is 0.620. The van der Waals surface area contributed by atoms with Crippen molar-refractivity contribution in [2.75, 3.05) is 6.54 Å². The first kappa shape index (κ1) is 11.0. The molecule has 1 unspecified atom stereocenters. The number of imidazole rings is 1. The Morgan fingerprint density at radius 3 is 2.50 bits per heavy atom. The van der Waals surface area contributed by atoms with E-state index in [1.54, 1.807) is 6.92 Å². The van der Waals surface area contributed by atoms with Gasteiger partial charge in [-0.1, -0.05) is 13.8 Å². The van der Waals surface area contributed by atoms with Crippen LogP contribution in [0, 0.1) is 6.92 Å². The van der Waals surface area contributed by atoms with E-state index >= 15 is 0 Å². The number of nitrogens with two attached hydrogens (primary N) is 1. The maximum absolute atomic E-state index is 9.61. The van der Waals surface area contributed by atoms with Crippen molar-refractivity contribution in [3.05, 3.63) is 17.2 Å². The predicted molar refractivity (Wildman–Crippen MR) is 52.3 cm³/mol. The van der Waals surface area contributed by atoms with Gasteiger partial charge >= 0.3 is 0 Å². The maximum Gasteiger partial charge on any atom is 0.142 e. The highest BCUT2D eigenvalue weighted by atomic mass is 16.5. The van der Waals surface area contributed by atoms with Gasteiger partial charge in [-0.2, -0.15) is 4.73 Å². The molecule has 5 heteroatoms. The molecule has 1 atom stereocenters. The number of hydrogen-bond donors (Lipinski definition) is 3. The molecule has 0 radical (unpaired) electrons. The molecule has 0 saturated carbocycles. The molecule has 1 rings (SSSR count). The normalized spacial score (nSPS) is 13.6. The zero-order chi connectivity index (χ0) is 10.9. The van der Waals surface area contributed by atoms with Gasteiger partial charge in [-0.3, -0.25) is 0 Å². The molecule has 0 aromatic carbocycles. The van der Waals surface area contributed by atoms with Crippen molar-refractivity contribution in [2.24, 2.45) is 5.73 Å². The Hall–Kier alpha value is -1.07. The van der Waals surface area contributed by atoms with Gasteiger partial charge in [0, 0.05) is 6.54 Å². The van der Waals surface area contributed by atoms with Gasteiger partial charge < -0.3 is 16.0 Å². The van der Waals surface area contributed by atoms with Crippen LogP contribution in [0.5, 0.6) is 0 Å². The number of rotatable bonds is 3. The molecule has 1 aromatic rings. The van der Waals surface area contributed by atoms with Crippen molar-refractivity contribution < 1.29 is 10.3 Å². The largest absolute Gasteiger partial charge is 0.427 e. The van der Waals surface area contributed by atoms with Crippen LogP contribution < -0.4 is 5.73 Å². The van der Waals surface area contributed by atoms with E-state index in [-0.39, 0.29) is 12.5 Å². The lowest BCUT2D eigenvalue weighted by Gasteiger charge is -2.11. The molecule has 80 valence electrons. The molecule has 0 saturated heterocycles. The van der Waals surface area contributed by atoms with Gasteiger partial charge in [-0.05, 0) is 12.8 Å². The van der Waals surface area contributed by atoms with Gasteiger partial charge in [0.15, 0.2) is 0 Å². The zero-order valence-electron chi connectivity index (χ0n) is 8.73. The number of aliphatic hydroxyl groups is 1. The third kappa shape index (κ3) is 1.73. The van der Waals surface area contributed by atoms with E-state index in [2.05, 4.69) is 4.98 Å². The molecule has 1 heterocycles. The summed E-state index contributed by atoms with van der Waals surface area (Å²) in [5, 5.41) is 19.2. The Morgan fingerprint density at radius 2 is 2.07 bits per heavy atom. The number of hydrogen-bond acceptors (Lipinski definition) is 4. The number of aliphatic hydroxyl groups excluding tert-OH is 1. The van der Waals surface area contributed by atoms with E-state index in [1.165, 1.54) is 0 Å². The van der Waals surface area contributed by atoms with Gasteiger partial charge in [0.25, 0.3) is 0 Å². The third-order valence-corrected chi connectivity index (χ3v) is 2.17. The van der Waals surface area contributed by atoms with Crippen LogP contribution >= 0.6 is 0 Å². The molecule has 0 fully saturated rings. The first-order chi connectivity index (χ1) is 6.49. The average molecular weight is 199 g/mol. The molecule has 14 heavy (non-hydrogen) atoms. The zero-order valence-corrected chi connectivity index (χ0v) is 8.73. The van der Waals surface area contributed by atoms with Crippen molar-refractivity contribution in [3.63, 3.8) is 0 Å². The second-order valence-electron chi connectivity index (χ2n) is 3.65. The van der Waals surface area contributed by atoms with Crippen LogP contribution in [0.2, 0.25) is 0 Å². The molecule has 0 spiro atoms. The summed E-state index contributed by atoms with van der Waals surface area (Å²) in [5.41, 5.74) is 6.45. The topological polar surface area (TPSA) is 84.3 Å². The summed E-state index contributed by atoms with van der Waals surface area (Å²) in [5.74, 6) is 0.620. The molecule has 0 aliphatic heterocycles. The molecular weight excluding hydrogens is 182 g/mol. The monoisotopic (exact) mass is 199 g/mol. The summed E-state index contributed by atoms with van der Waals surface area (Å²) in [7, 11) is 0. The highest BCUT2D eigenvalue weighted by molar-refractivity contribution is 5.21. The number of nitrogens with zero attached hydrogens (tertiary/aromatic N) is 2. The molecule has 5 nitrogen and oxygen atoms in total. The summed E-state index contributed by atoms with van der Waals surface area (Å²) in [6, 6.07) is 0. The van der Waals surface area contributed by atoms with Gasteiger partial charge in [0.1, 0.15) is 17.6 Å². The highest BCUT2D eigenvalue weighted by Crippen LogP contribution is 2.24. The summed E-state index contributed by atoms with van der Waals surface area (Å²) in [6.07, 6.45) is -0.862. The van der Waals surface area contributed by atoms with Gasteiger partial charge in [-0.15, -0.1) is 0 Å². The van der Waals surface area contributed by atoms with E-state index in [4.69, 9.17) is 5.73 Å². The fraction of sp³-hybridized carbons (Fsp3) is 0.667. The fourth-order valence-corrected chi connectivity index (χ4v) is 1.41. The second kappa shape index (κ2) is 3.98. The minimum atomic E-state index is -0.862. The van der Waals surface area contributed by atoms with Crippen molar-refractivity contribution in [1.29, 1.82) is 0 Å². The Kier molecular flexibility index (Phi) is 3.13. The average Bonchev–Trinajstić information content (AvgIpc) is 2.43. The predicted octanol–water partition coefficient (Wildman–Crippen LogP) is 0.544. The van der Waals surface area contributed by atoms with Gasteiger partial charge in [0.2, 0.25) is 0 Å². The molecule has 0 bridgehead atoms. The summed E-state index contributed by atoms with van der Waals surface area (Å²) >= 11 is 0. The standard InChI is InChI=1S/C9H17N3O2/c1-5(2)8-9(7(13)4-10)12(14)6(3)11-8/h5,7,13-14H,4,10H2,1-3H3. The van der Waals surface area contributed by atoms with E-state index in [0.29, 0.717) is 17.2 Å². The van der Waals surface area contributed by atoms with E-state index in [1.807, 2.05) is 13.8 Å². The van der Waals surface area contributed by atoms with Crippen LogP contribution in [-0.4, -0.2) is 26.6 Å². The third-order valence-electron chi connectivity index (χ3n) is 2.17. The van der Waals surface area contributed by atoms with E-state index in [0.717, 1.165) is 4.73 Å². The lowest BCUT2D eigenvalue weighted by atomic mass is 10.1. The summed E-state index contributed by atoms with van der Waals surface area (Å²) < 4.78 is 0.910. The summed E-state index contributed by atoms with van der Waals surface area (Å²) in [4.78, 5) is 4.18. The minimum absolute atomic E-state index is 0.0748. The van der Waals surface area contributed by atoms with E-state index < -0.39 is 6.10 Å². The first-order valence-electron chi connectivity index (χ1n) is 4.65.